The number of nitrogens with one attached hydrogen (secondary N) is 2. The Kier molecular flexibility index (Phi) is 6.86. The van der Waals surface area contributed by atoms with Gasteiger partial charge in [0.1, 0.15) is 0 Å². The third kappa shape index (κ3) is 5.37. The minimum atomic E-state index is -0.607. The number of rotatable bonds is 7. The summed E-state index contributed by atoms with van der Waals surface area (Å²) in [6.45, 7) is 2.90. The molecule has 10 heteroatoms. The molecule has 1 fully saturated rings. The van der Waals surface area contributed by atoms with E-state index in [9.17, 15) is 24.5 Å². The fourth-order valence-electron chi connectivity index (χ4n) is 3.36. The number of nitro benzene ring substituents is 1. The van der Waals surface area contributed by atoms with E-state index >= 15 is 0 Å². The Morgan fingerprint density at radius 3 is 2.58 bits per heavy atom. The summed E-state index contributed by atoms with van der Waals surface area (Å²) < 4.78 is 0. The first kappa shape index (κ1) is 22.2. The van der Waals surface area contributed by atoms with Crippen LogP contribution in [0.15, 0.2) is 42.5 Å². The predicted molar refractivity (Wildman–Crippen MR) is 115 cm³/mol. The zero-order chi connectivity index (χ0) is 22.5. The Hall–Kier alpha value is -3.46. The van der Waals surface area contributed by atoms with Crippen molar-refractivity contribution in [3.05, 3.63) is 68.7 Å². The van der Waals surface area contributed by atoms with E-state index in [4.69, 9.17) is 11.6 Å². The van der Waals surface area contributed by atoms with Gasteiger partial charge in [0.15, 0.2) is 0 Å². The Labute approximate surface area is 183 Å². The van der Waals surface area contributed by atoms with Crippen LogP contribution in [-0.4, -0.2) is 46.7 Å². The number of carbonyl (C=O) groups excluding carboxylic acids is 3. The summed E-state index contributed by atoms with van der Waals surface area (Å²) in [6.07, 6.45) is 1.35. The molecule has 31 heavy (non-hydrogen) atoms. The second-order valence-electron chi connectivity index (χ2n) is 7.24. The summed E-state index contributed by atoms with van der Waals surface area (Å²) >= 11 is 6.02. The van der Waals surface area contributed by atoms with Gasteiger partial charge in [0.05, 0.1) is 26.8 Å². The third-order valence-electron chi connectivity index (χ3n) is 4.87. The fraction of sp³-hybridized carbons (Fsp3) is 0.286. The normalized spacial score (nSPS) is 14.3. The number of hydrogen-bond acceptors (Lipinski definition) is 5. The number of nitrogens with zero attached hydrogens (tertiary/aromatic N) is 2. The van der Waals surface area contributed by atoms with Gasteiger partial charge in [0.25, 0.3) is 17.5 Å². The molecule has 1 saturated heterocycles. The predicted octanol–water partition coefficient (Wildman–Crippen LogP) is 3.24. The number of halogens is 1. The maximum absolute atomic E-state index is 12.8. The maximum Gasteiger partial charge on any atom is 0.270 e. The molecule has 0 bridgehead atoms. The highest BCUT2D eigenvalue weighted by Gasteiger charge is 2.23. The van der Waals surface area contributed by atoms with Crippen molar-refractivity contribution in [1.82, 2.24) is 10.2 Å². The molecule has 1 aliphatic rings. The lowest BCUT2D eigenvalue weighted by Crippen LogP contribution is -2.42. The number of nitro groups is 1. The first-order chi connectivity index (χ1) is 14.8. The Balaban J connectivity index is 1.71. The van der Waals surface area contributed by atoms with Gasteiger partial charge in [0, 0.05) is 37.7 Å². The molecule has 2 N–H and O–H groups in total. The lowest BCUT2D eigenvalue weighted by Gasteiger charge is -2.22. The number of amides is 3. The van der Waals surface area contributed by atoms with Gasteiger partial charge in [-0.1, -0.05) is 23.7 Å². The minimum absolute atomic E-state index is 0.0448. The van der Waals surface area contributed by atoms with Crippen molar-refractivity contribution in [2.24, 2.45) is 0 Å². The van der Waals surface area contributed by atoms with Crippen LogP contribution < -0.4 is 10.6 Å². The van der Waals surface area contributed by atoms with Gasteiger partial charge in [0.2, 0.25) is 5.91 Å². The minimum Gasteiger partial charge on any atom is -0.348 e. The van der Waals surface area contributed by atoms with Crippen molar-refractivity contribution in [3.63, 3.8) is 0 Å². The molecule has 0 aliphatic carbocycles. The zero-order valence-corrected chi connectivity index (χ0v) is 17.5. The summed E-state index contributed by atoms with van der Waals surface area (Å²) in [5.74, 6) is -0.922. The van der Waals surface area contributed by atoms with Gasteiger partial charge in [-0.2, -0.15) is 0 Å². The second kappa shape index (κ2) is 9.57. The van der Waals surface area contributed by atoms with Crippen molar-refractivity contribution < 1.29 is 19.3 Å². The highest BCUT2D eigenvalue weighted by molar-refractivity contribution is 6.34. The molecule has 0 aromatic heterocycles. The number of non-ortho nitro benzene ring substituents is 1. The summed E-state index contributed by atoms with van der Waals surface area (Å²) in [6, 6.07) is 9.72. The van der Waals surface area contributed by atoms with Crippen LogP contribution in [0.25, 0.3) is 0 Å². The lowest BCUT2D eigenvalue weighted by atomic mass is 10.1. The SMILES string of the molecule is CC(CN1CCCC1=O)NC(=O)c1ccccc1NC(=O)c1ccc([N+](=O)[O-])cc1Cl. The largest absolute Gasteiger partial charge is 0.348 e. The third-order valence-corrected chi connectivity index (χ3v) is 5.18. The Morgan fingerprint density at radius 2 is 1.94 bits per heavy atom. The van der Waals surface area contributed by atoms with Crippen molar-refractivity contribution in [1.29, 1.82) is 0 Å². The van der Waals surface area contributed by atoms with E-state index < -0.39 is 16.7 Å². The summed E-state index contributed by atoms with van der Waals surface area (Å²) in [4.78, 5) is 49.1. The van der Waals surface area contributed by atoms with Crippen molar-refractivity contribution in [3.8, 4) is 0 Å². The van der Waals surface area contributed by atoms with E-state index in [1.165, 1.54) is 12.1 Å². The monoisotopic (exact) mass is 444 g/mol. The Bertz CT molecular complexity index is 1040. The van der Waals surface area contributed by atoms with Crippen LogP contribution in [-0.2, 0) is 4.79 Å². The van der Waals surface area contributed by atoms with Crippen LogP contribution in [0.4, 0.5) is 11.4 Å². The molecule has 2 aromatic rings. The van der Waals surface area contributed by atoms with Gasteiger partial charge < -0.3 is 15.5 Å². The van der Waals surface area contributed by atoms with Gasteiger partial charge in [-0.25, -0.2) is 0 Å². The van der Waals surface area contributed by atoms with Crippen LogP contribution >= 0.6 is 11.6 Å². The number of para-hydroxylation sites is 1. The van der Waals surface area contributed by atoms with E-state index in [2.05, 4.69) is 10.6 Å². The van der Waals surface area contributed by atoms with Crippen LogP contribution in [0.1, 0.15) is 40.5 Å². The van der Waals surface area contributed by atoms with E-state index in [-0.39, 0.29) is 39.5 Å². The van der Waals surface area contributed by atoms with Crippen LogP contribution in [0.5, 0.6) is 0 Å². The molecule has 2 aromatic carbocycles. The van der Waals surface area contributed by atoms with E-state index in [0.717, 1.165) is 12.5 Å². The summed E-state index contributed by atoms with van der Waals surface area (Å²) in [5, 5.41) is 16.2. The topological polar surface area (TPSA) is 122 Å². The molecule has 3 rings (SSSR count). The van der Waals surface area contributed by atoms with Gasteiger partial charge in [-0.05, 0) is 31.5 Å². The molecule has 0 spiro atoms. The number of carbonyl (C=O) groups is 3. The van der Waals surface area contributed by atoms with Gasteiger partial charge in [-0.3, -0.25) is 24.5 Å². The van der Waals surface area contributed by atoms with Crippen molar-refractivity contribution in [2.75, 3.05) is 18.4 Å². The van der Waals surface area contributed by atoms with E-state index in [0.29, 0.717) is 19.5 Å². The molecular weight excluding hydrogens is 424 g/mol. The van der Waals surface area contributed by atoms with Crippen molar-refractivity contribution in [2.45, 2.75) is 25.8 Å². The molecule has 0 saturated carbocycles. The highest BCUT2D eigenvalue weighted by atomic mass is 35.5. The zero-order valence-electron chi connectivity index (χ0n) is 16.8. The van der Waals surface area contributed by atoms with Gasteiger partial charge in [-0.15, -0.1) is 0 Å². The number of benzene rings is 2. The molecule has 162 valence electrons. The van der Waals surface area contributed by atoms with Gasteiger partial charge >= 0.3 is 0 Å². The molecule has 9 nitrogen and oxygen atoms in total. The average Bonchev–Trinajstić information content (AvgIpc) is 3.12. The Morgan fingerprint density at radius 1 is 1.19 bits per heavy atom. The van der Waals surface area contributed by atoms with Crippen molar-refractivity contribution >= 4 is 40.7 Å². The van der Waals surface area contributed by atoms with E-state index in [1.54, 1.807) is 36.1 Å². The average molecular weight is 445 g/mol. The van der Waals surface area contributed by atoms with Crippen LogP contribution in [0.3, 0.4) is 0 Å². The lowest BCUT2D eigenvalue weighted by molar-refractivity contribution is -0.384. The first-order valence-electron chi connectivity index (χ1n) is 9.69. The number of anilines is 1. The molecule has 1 heterocycles. The van der Waals surface area contributed by atoms with Crippen LogP contribution in [0, 0.1) is 10.1 Å². The standard InChI is InChI=1S/C21H21ClN4O5/c1-13(12-25-10-4-7-19(25)27)23-21(29)16-5-2-3-6-18(16)24-20(28)15-9-8-14(26(30)31)11-17(15)22/h2-3,5-6,8-9,11,13H,4,7,10,12H2,1H3,(H,23,29)(H,24,28). The number of likely N-dealkylation sites (tertiary alicyclic amines) is 1. The summed E-state index contributed by atoms with van der Waals surface area (Å²) in [5.41, 5.74) is 0.326. The highest BCUT2D eigenvalue weighted by Crippen LogP contribution is 2.24. The quantitative estimate of drug-likeness (QED) is 0.501. The second-order valence-corrected chi connectivity index (χ2v) is 7.65. The fourth-order valence-corrected chi connectivity index (χ4v) is 3.62. The molecular formula is C21H21ClN4O5. The van der Waals surface area contributed by atoms with E-state index in [1.807, 2.05) is 0 Å². The summed E-state index contributed by atoms with van der Waals surface area (Å²) in [7, 11) is 0. The number of hydrogen-bond donors (Lipinski definition) is 2. The maximum atomic E-state index is 12.8. The smallest absolute Gasteiger partial charge is 0.270 e. The van der Waals surface area contributed by atoms with Crippen LogP contribution in [0.2, 0.25) is 5.02 Å². The molecule has 1 aliphatic heterocycles. The molecule has 1 unspecified atom stereocenters. The molecule has 0 radical (unpaired) electrons. The molecule has 3 amide bonds. The first-order valence-corrected chi connectivity index (χ1v) is 10.1. The molecule has 1 atom stereocenters.